The van der Waals surface area contributed by atoms with Crippen LogP contribution in [-0.2, 0) is 4.74 Å². The molecule has 0 spiro atoms. The number of hydrogen-bond acceptors (Lipinski definition) is 2. The molecule has 2 atom stereocenters. The molecule has 2 N–H and O–H groups in total. The van der Waals surface area contributed by atoms with E-state index in [4.69, 9.17) is 10.5 Å². The molecule has 0 fully saturated rings. The minimum absolute atomic E-state index is 0.0719. The Morgan fingerprint density at radius 1 is 1.25 bits per heavy atom. The fourth-order valence-electron chi connectivity index (χ4n) is 2.11. The second-order valence-electron chi connectivity index (χ2n) is 4.39. The molecule has 2 nitrogen and oxygen atoms in total. The van der Waals surface area contributed by atoms with Gasteiger partial charge in [0.05, 0.1) is 12.9 Å². The van der Waals surface area contributed by atoms with Gasteiger partial charge in [-0.15, -0.1) is 0 Å². The molecule has 2 heteroatoms. The highest BCUT2D eigenvalue weighted by molar-refractivity contribution is 5.25. The maximum Gasteiger partial charge on any atom is 0.0876 e. The highest BCUT2D eigenvalue weighted by Crippen LogP contribution is 2.26. The highest BCUT2D eigenvalue weighted by atomic mass is 16.5. The third kappa shape index (κ3) is 2.45. The molecule has 0 aromatic heterocycles. The molecule has 0 aliphatic carbocycles. The van der Waals surface area contributed by atoms with Crippen molar-refractivity contribution >= 4 is 0 Å². The predicted octanol–water partition coefficient (Wildman–Crippen LogP) is 2.81. The van der Waals surface area contributed by atoms with E-state index in [1.54, 1.807) is 0 Å². The van der Waals surface area contributed by atoms with Gasteiger partial charge in [-0.3, -0.25) is 0 Å². The third-order valence-electron chi connectivity index (χ3n) is 3.25. The summed E-state index contributed by atoms with van der Waals surface area (Å²) in [6, 6.07) is 10.5. The van der Waals surface area contributed by atoms with E-state index in [0.29, 0.717) is 5.92 Å². The number of ether oxygens (including phenoxy) is 1. The van der Waals surface area contributed by atoms with Crippen LogP contribution in [0.5, 0.6) is 0 Å². The van der Waals surface area contributed by atoms with Crippen molar-refractivity contribution in [2.75, 3.05) is 6.61 Å². The Morgan fingerprint density at radius 2 is 2.00 bits per heavy atom. The summed E-state index contributed by atoms with van der Waals surface area (Å²) in [7, 11) is 0. The SMILES string of the molecule is CC(c1ccccc1)C(N)C1=COCCC1. The molecule has 1 aromatic rings. The molecule has 0 saturated carbocycles. The van der Waals surface area contributed by atoms with Crippen LogP contribution in [0, 0.1) is 0 Å². The first kappa shape index (κ1) is 11.2. The normalized spacial score (nSPS) is 19.5. The molecule has 0 bridgehead atoms. The summed E-state index contributed by atoms with van der Waals surface area (Å²) in [6.45, 7) is 3.01. The summed E-state index contributed by atoms with van der Waals surface area (Å²) in [5, 5.41) is 0. The topological polar surface area (TPSA) is 35.2 Å². The molecule has 1 heterocycles. The Kier molecular flexibility index (Phi) is 3.62. The van der Waals surface area contributed by atoms with Crippen LogP contribution in [0.1, 0.15) is 31.2 Å². The van der Waals surface area contributed by atoms with Crippen molar-refractivity contribution in [1.82, 2.24) is 0 Å². The highest BCUT2D eigenvalue weighted by Gasteiger charge is 2.20. The Morgan fingerprint density at radius 3 is 2.62 bits per heavy atom. The van der Waals surface area contributed by atoms with Crippen molar-refractivity contribution in [1.29, 1.82) is 0 Å². The van der Waals surface area contributed by atoms with E-state index in [9.17, 15) is 0 Å². The summed E-state index contributed by atoms with van der Waals surface area (Å²) in [4.78, 5) is 0. The van der Waals surface area contributed by atoms with Gasteiger partial charge in [0.25, 0.3) is 0 Å². The largest absolute Gasteiger partial charge is 0.501 e. The average molecular weight is 217 g/mol. The molecule has 2 unspecified atom stereocenters. The van der Waals surface area contributed by atoms with Gasteiger partial charge in [0.15, 0.2) is 0 Å². The summed E-state index contributed by atoms with van der Waals surface area (Å²) in [5.74, 6) is 0.342. The molecule has 86 valence electrons. The third-order valence-corrected chi connectivity index (χ3v) is 3.25. The van der Waals surface area contributed by atoms with E-state index < -0.39 is 0 Å². The second-order valence-corrected chi connectivity index (χ2v) is 4.39. The van der Waals surface area contributed by atoms with Crippen LogP contribution in [0.3, 0.4) is 0 Å². The minimum Gasteiger partial charge on any atom is -0.501 e. The van der Waals surface area contributed by atoms with Crippen LogP contribution in [0.4, 0.5) is 0 Å². The van der Waals surface area contributed by atoms with Crippen molar-refractivity contribution < 1.29 is 4.74 Å². The van der Waals surface area contributed by atoms with Gasteiger partial charge in [0, 0.05) is 12.0 Å². The lowest BCUT2D eigenvalue weighted by Gasteiger charge is -2.25. The lowest BCUT2D eigenvalue weighted by molar-refractivity contribution is 0.220. The second kappa shape index (κ2) is 5.17. The van der Waals surface area contributed by atoms with Crippen LogP contribution >= 0.6 is 0 Å². The van der Waals surface area contributed by atoms with E-state index in [1.807, 2.05) is 12.3 Å². The van der Waals surface area contributed by atoms with Crippen LogP contribution in [0.25, 0.3) is 0 Å². The monoisotopic (exact) mass is 217 g/mol. The Hall–Kier alpha value is -1.28. The van der Waals surface area contributed by atoms with Gasteiger partial charge in [-0.2, -0.15) is 0 Å². The van der Waals surface area contributed by atoms with E-state index in [0.717, 1.165) is 19.4 Å². The molecule has 1 aliphatic rings. The van der Waals surface area contributed by atoms with Gasteiger partial charge in [-0.1, -0.05) is 37.3 Å². The fourth-order valence-corrected chi connectivity index (χ4v) is 2.11. The first-order chi connectivity index (χ1) is 7.79. The van der Waals surface area contributed by atoms with Gasteiger partial charge in [0.1, 0.15) is 0 Å². The van der Waals surface area contributed by atoms with Crippen molar-refractivity contribution in [3.63, 3.8) is 0 Å². The number of rotatable bonds is 3. The van der Waals surface area contributed by atoms with Crippen LogP contribution in [0.15, 0.2) is 42.2 Å². The van der Waals surface area contributed by atoms with Crippen LogP contribution in [0.2, 0.25) is 0 Å². The molecule has 1 aliphatic heterocycles. The quantitative estimate of drug-likeness (QED) is 0.845. The van der Waals surface area contributed by atoms with Gasteiger partial charge >= 0.3 is 0 Å². The zero-order valence-electron chi connectivity index (χ0n) is 9.73. The zero-order chi connectivity index (χ0) is 11.4. The molecule has 1 aromatic carbocycles. The summed E-state index contributed by atoms with van der Waals surface area (Å²) < 4.78 is 5.35. The number of benzene rings is 1. The molecule has 0 saturated heterocycles. The number of nitrogens with two attached hydrogens (primary N) is 1. The lowest BCUT2D eigenvalue weighted by atomic mass is 9.87. The Balaban J connectivity index is 2.09. The molecule has 16 heavy (non-hydrogen) atoms. The van der Waals surface area contributed by atoms with E-state index in [1.165, 1.54) is 11.1 Å². The maximum absolute atomic E-state index is 6.28. The first-order valence-electron chi connectivity index (χ1n) is 5.90. The average Bonchev–Trinajstić information content (AvgIpc) is 2.39. The van der Waals surface area contributed by atoms with E-state index >= 15 is 0 Å². The summed E-state index contributed by atoms with van der Waals surface area (Å²) in [6.07, 6.45) is 4.01. The maximum atomic E-state index is 6.28. The van der Waals surface area contributed by atoms with Gasteiger partial charge in [0.2, 0.25) is 0 Å². The Labute approximate surface area is 97.1 Å². The molecule has 2 rings (SSSR count). The lowest BCUT2D eigenvalue weighted by Crippen LogP contribution is -2.30. The van der Waals surface area contributed by atoms with Gasteiger partial charge in [-0.05, 0) is 24.0 Å². The first-order valence-corrected chi connectivity index (χ1v) is 5.90. The zero-order valence-corrected chi connectivity index (χ0v) is 9.73. The summed E-state index contributed by atoms with van der Waals surface area (Å²) in [5.41, 5.74) is 8.81. The summed E-state index contributed by atoms with van der Waals surface area (Å²) >= 11 is 0. The van der Waals surface area contributed by atoms with E-state index in [2.05, 4.69) is 31.2 Å². The van der Waals surface area contributed by atoms with Crippen LogP contribution < -0.4 is 5.73 Å². The van der Waals surface area contributed by atoms with Crippen molar-refractivity contribution in [2.24, 2.45) is 5.73 Å². The van der Waals surface area contributed by atoms with Crippen molar-refractivity contribution in [3.05, 3.63) is 47.7 Å². The van der Waals surface area contributed by atoms with Crippen molar-refractivity contribution in [2.45, 2.75) is 31.7 Å². The molecular formula is C14H19NO. The van der Waals surface area contributed by atoms with Gasteiger partial charge < -0.3 is 10.5 Å². The molecule has 0 radical (unpaired) electrons. The molecule has 0 amide bonds. The van der Waals surface area contributed by atoms with E-state index in [-0.39, 0.29) is 6.04 Å². The Bertz CT molecular complexity index is 358. The van der Waals surface area contributed by atoms with Crippen LogP contribution in [-0.4, -0.2) is 12.6 Å². The minimum atomic E-state index is 0.0719. The fraction of sp³-hybridized carbons (Fsp3) is 0.429. The predicted molar refractivity (Wildman–Crippen MR) is 66.1 cm³/mol. The molecular weight excluding hydrogens is 198 g/mol. The van der Waals surface area contributed by atoms with Gasteiger partial charge in [-0.25, -0.2) is 0 Å². The number of hydrogen-bond donors (Lipinski definition) is 1. The van der Waals surface area contributed by atoms with Crippen molar-refractivity contribution in [3.8, 4) is 0 Å². The smallest absolute Gasteiger partial charge is 0.0876 e. The standard InChI is InChI=1S/C14H19NO/c1-11(12-6-3-2-4-7-12)14(15)13-8-5-9-16-10-13/h2-4,6-7,10-11,14H,5,8-9,15H2,1H3.